The van der Waals surface area contributed by atoms with E-state index in [1.165, 1.54) is 6.07 Å². The molecule has 21 heavy (non-hydrogen) atoms. The van der Waals surface area contributed by atoms with Gasteiger partial charge in [-0.05, 0) is 18.9 Å². The molecular formula is C13H18ClNO5S. The third-order valence-electron chi connectivity index (χ3n) is 3.19. The highest BCUT2D eigenvalue weighted by molar-refractivity contribution is 8.13. The van der Waals surface area contributed by atoms with Gasteiger partial charge in [-0.15, -0.1) is 0 Å². The van der Waals surface area contributed by atoms with Crippen LogP contribution in [0.1, 0.15) is 19.4 Å². The Hall–Kier alpha value is -1.34. The number of halogens is 1. The summed E-state index contributed by atoms with van der Waals surface area (Å²) in [7, 11) is 1.62. The second-order valence-corrected chi connectivity index (χ2v) is 8.02. The molecule has 6 nitrogen and oxygen atoms in total. The van der Waals surface area contributed by atoms with E-state index in [1.54, 1.807) is 19.1 Å². The van der Waals surface area contributed by atoms with Crippen molar-refractivity contribution >= 4 is 25.4 Å². The number of benzene rings is 1. The zero-order chi connectivity index (χ0) is 16.2. The van der Waals surface area contributed by atoms with E-state index in [1.807, 2.05) is 13.8 Å². The summed E-state index contributed by atoms with van der Waals surface area (Å²) in [6, 6.07) is 4.77. The summed E-state index contributed by atoms with van der Waals surface area (Å²) >= 11 is 0. The Morgan fingerprint density at radius 3 is 2.48 bits per heavy atom. The number of ether oxygens (including phenoxy) is 1. The first kappa shape index (κ1) is 17.7. The number of nitro groups is 1. The molecule has 0 aliphatic heterocycles. The first-order valence-electron chi connectivity index (χ1n) is 6.41. The van der Waals surface area contributed by atoms with E-state index in [-0.39, 0.29) is 35.6 Å². The number of rotatable bonds is 7. The molecule has 0 aromatic heterocycles. The fourth-order valence-corrected chi connectivity index (χ4v) is 3.35. The summed E-state index contributed by atoms with van der Waals surface area (Å²) in [6.45, 7) is 5.36. The zero-order valence-electron chi connectivity index (χ0n) is 12.1. The van der Waals surface area contributed by atoms with Crippen molar-refractivity contribution in [3.8, 4) is 5.75 Å². The standard InChI is InChI=1S/C13H18ClNO5S/c1-9(2)11(8-21(14,18)19)7-20-12-6-4-5-10(3)13(12)15(16)17/h4-6,9,11H,7-8H2,1-3H3. The summed E-state index contributed by atoms with van der Waals surface area (Å²) in [5.74, 6) is -0.418. The summed E-state index contributed by atoms with van der Waals surface area (Å²) in [5.41, 5.74) is 0.386. The monoisotopic (exact) mass is 335 g/mol. The van der Waals surface area contributed by atoms with Crippen molar-refractivity contribution in [2.75, 3.05) is 12.4 Å². The smallest absolute Gasteiger partial charge is 0.313 e. The number of para-hydroxylation sites is 1. The summed E-state index contributed by atoms with van der Waals surface area (Å²) in [6.07, 6.45) is 0. The van der Waals surface area contributed by atoms with Crippen LogP contribution in [0.25, 0.3) is 0 Å². The van der Waals surface area contributed by atoms with Gasteiger partial charge in [0, 0.05) is 22.2 Å². The van der Waals surface area contributed by atoms with Gasteiger partial charge in [-0.1, -0.05) is 26.0 Å². The van der Waals surface area contributed by atoms with Crippen LogP contribution in [0.3, 0.4) is 0 Å². The Morgan fingerprint density at radius 1 is 1.38 bits per heavy atom. The van der Waals surface area contributed by atoms with Crippen LogP contribution >= 0.6 is 10.7 Å². The SMILES string of the molecule is Cc1cccc(OCC(CS(=O)(=O)Cl)C(C)C)c1[N+](=O)[O-]. The minimum atomic E-state index is -3.65. The Morgan fingerprint density at radius 2 is 2.00 bits per heavy atom. The van der Waals surface area contributed by atoms with Crippen molar-refractivity contribution < 1.29 is 18.1 Å². The van der Waals surface area contributed by atoms with E-state index in [0.29, 0.717) is 5.56 Å². The molecule has 1 rings (SSSR count). The van der Waals surface area contributed by atoms with Crippen LogP contribution in [0, 0.1) is 28.9 Å². The molecule has 0 bridgehead atoms. The molecular weight excluding hydrogens is 318 g/mol. The van der Waals surface area contributed by atoms with Crippen molar-refractivity contribution in [1.29, 1.82) is 0 Å². The van der Waals surface area contributed by atoms with Gasteiger partial charge in [-0.3, -0.25) is 10.1 Å². The molecule has 1 unspecified atom stereocenters. The summed E-state index contributed by atoms with van der Waals surface area (Å²) in [5, 5.41) is 11.1. The van der Waals surface area contributed by atoms with Gasteiger partial charge in [0.05, 0.1) is 17.3 Å². The third kappa shape index (κ3) is 5.51. The average molecular weight is 336 g/mol. The molecule has 118 valence electrons. The predicted octanol–water partition coefficient (Wildman–Crippen LogP) is 3.12. The van der Waals surface area contributed by atoms with Gasteiger partial charge in [-0.2, -0.15) is 0 Å². The van der Waals surface area contributed by atoms with E-state index in [4.69, 9.17) is 15.4 Å². The largest absolute Gasteiger partial charge is 0.486 e. The first-order valence-corrected chi connectivity index (χ1v) is 8.88. The van der Waals surface area contributed by atoms with E-state index in [0.717, 1.165) is 0 Å². The minimum Gasteiger partial charge on any atom is -0.486 e. The van der Waals surface area contributed by atoms with E-state index < -0.39 is 14.0 Å². The molecule has 0 spiro atoms. The van der Waals surface area contributed by atoms with Gasteiger partial charge in [0.1, 0.15) is 0 Å². The molecule has 8 heteroatoms. The lowest BCUT2D eigenvalue weighted by atomic mass is 9.99. The van der Waals surface area contributed by atoms with Gasteiger partial charge >= 0.3 is 5.69 Å². The van der Waals surface area contributed by atoms with Gasteiger partial charge in [0.15, 0.2) is 5.75 Å². The molecule has 0 heterocycles. The lowest BCUT2D eigenvalue weighted by Gasteiger charge is -2.19. The Bertz CT molecular complexity index is 615. The number of hydrogen-bond acceptors (Lipinski definition) is 5. The summed E-state index contributed by atoms with van der Waals surface area (Å²) < 4.78 is 27.9. The topological polar surface area (TPSA) is 86.5 Å². The molecule has 0 N–H and O–H groups in total. The number of nitrogens with zero attached hydrogens (tertiary/aromatic N) is 1. The van der Waals surface area contributed by atoms with Crippen molar-refractivity contribution in [3.63, 3.8) is 0 Å². The Kier molecular flexibility index (Phi) is 5.98. The number of nitro benzene ring substituents is 1. The predicted molar refractivity (Wildman–Crippen MR) is 81.3 cm³/mol. The lowest BCUT2D eigenvalue weighted by Crippen LogP contribution is -2.24. The highest BCUT2D eigenvalue weighted by Crippen LogP contribution is 2.31. The second kappa shape index (κ2) is 7.09. The Balaban J connectivity index is 2.91. The van der Waals surface area contributed by atoms with Crippen molar-refractivity contribution in [3.05, 3.63) is 33.9 Å². The molecule has 0 radical (unpaired) electrons. The van der Waals surface area contributed by atoms with Gasteiger partial charge in [0.25, 0.3) is 0 Å². The third-order valence-corrected chi connectivity index (χ3v) is 4.40. The number of aryl methyl sites for hydroxylation is 1. The van der Waals surface area contributed by atoms with Crippen LogP contribution in [0.5, 0.6) is 5.75 Å². The van der Waals surface area contributed by atoms with Crippen molar-refractivity contribution in [2.45, 2.75) is 20.8 Å². The van der Waals surface area contributed by atoms with Crippen LogP contribution in [0.2, 0.25) is 0 Å². The second-order valence-electron chi connectivity index (χ2n) is 5.20. The quantitative estimate of drug-likeness (QED) is 0.434. The maximum Gasteiger partial charge on any atom is 0.313 e. The maximum atomic E-state index is 11.2. The van der Waals surface area contributed by atoms with Crippen molar-refractivity contribution in [2.24, 2.45) is 11.8 Å². The molecule has 1 aromatic rings. The van der Waals surface area contributed by atoms with Gasteiger partial charge in [0.2, 0.25) is 9.05 Å². The maximum absolute atomic E-state index is 11.2. The fourth-order valence-electron chi connectivity index (χ4n) is 1.87. The highest BCUT2D eigenvalue weighted by Gasteiger charge is 2.24. The average Bonchev–Trinajstić information content (AvgIpc) is 2.32. The zero-order valence-corrected chi connectivity index (χ0v) is 13.6. The normalized spacial score (nSPS) is 13.2. The summed E-state index contributed by atoms with van der Waals surface area (Å²) in [4.78, 5) is 10.6. The minimum absolute atomic E-state index is 0.0161. The molecule has 0 saturated heterocycles. The van der Waals surface area contributed by atoms with Crippen LogP contribution in [-0.4, -0.2) is 25.7 Å². The molecule has 1 aromatic carbocycles. The van der Waals surface area contributed by atoms with Gasteiger partial charge in [-0.25, -0.2) is 8.42 Å². The molecule has 0 saturated carbocycles. The molecule has 1 atom stereocenters. The Labute approximate surface area is 128 Å². The van der Waals surface area contributed by atoms with E-state index in [2.05, 4.69) is 0 Å². The van der Waals surface area contributed by atoms with Crippen molar-refractivity contribution in [1.82, 2.24) is 0 Å². The number of hydrogen-bond donors (Lipinski definition) is 0. The molecule has 0 fully saturated rings. The molecule has 0 aliphatic rings. The lowest BCUT2D eigenvalue weighted by molar-refractivity contribution is -0.386. The van der Waals surface area contributed by atoms with E-state index in [9.17, 15) is 18.5 Å². The molecule has 0 amide bonds. The van der Waals surface area contributed by atoms with Crippen LogP contribution < -0.4 is 4.74 Å². The van der Waals surface area contributed by atoms with Crippen LogP contribution in [0.15, 0.2) is 18.2 Å². The van der Waals surface area contributed by atoms with Crippen LogP contribution in [0.4, 0.5) is 5.69 Å². The van der Waals surface area contributed by atoms with Gasteiger partial charge < -0.3 is 4.74 Å². The fraction of sp³-hybridized carbons (Fsp3) is 0.538. The van der Waals surface area contributed by atoms with Crippen LogP contribution in [-0.2, 0) is 9.05 Å². The first-order chi connectivity index (χ1) is 9.61. The highest BCUT2D eigenvalue weighted by atomic mass is 35.7. The van der Waals surface area contributed by atoms with E-state index >= 15 is 0 Å². The molecule has 0 aliphatic carbocycles.